The molecule has 1 aromatic carbocycles. The molecule has 0 radical (unpaired) electrons. The van der Waals surface area contributed by atoms with E-state index in [4.69, 9.17) is 4.74 Å². The molecule has 152 valence electrons. The van der Waals surface area contributed by atoms with E-state index in [1.54, 1.807) is 31.5 Å². The number of aromatic amines is 1. The number of fused-ring (bicyclic) bond motifs is 1. The first-order valence-corrected chi connectivity index (χ1v) is 10.3. The second-order valence-corrected chi connectivity index (χ2v) is 7.74. The molecular formula is C22H20N4O3S. The Hall–Kier alpha value is -3.39. The number of hydrogen-bond donors (Lipinski definition) is 2. The minimum absolute atomic E-state index is 0.293. The van der Waals surface area contributed by atoms with Crippen molar-refractivity contribution in [3.05, 3.63) is 93.2 Å². The number of aromatic nitrogens is 3. The highest BCUT2D eigenvalue weighted by molar-refractivity contribution is 7.98. The maximum atomic E-state index is 13.1. The van der Waals surface area contributed by atoms with E-state index in [9.17, 15) is 9.59 Å². The number of allylic oxidation sites excluding steroid dienone is 1. The number of hydrogen-bond acceptors (Lipinski definition) is 7. The minimum Gasteiger partial charge on any atom is -0.466 e. The molecule has 1 atom stereocenters. The molecule has 4 rings (SSSR count). The SMILES string of the molecule is COC(=O)C1=C(C)Nc2nc(SCc3ccccc3)[nH]c(=O)c2C1c1ccncc1. The smallest absolute Gasteiger partial charge is 0.336 e. The number of rotatable bonds is 5. The number of nitrogens with one attached hydrogen (secondary N) is 2. The lowest BCUT2D eigenvalue weighted by molar-refractivity contribution is -0.136. The van der Waals surface area contributed by atoms with Gasteiger partial charge in [-0.05, 0) is 30.2 Å². The molecule has 1 aliphatic heterocycles. The number of methoxy groups -OCH3 is 1. The van der Waals surface area contributed by atoms with Crippen molar-refractivity contribution in [2.75, 3.05) is 12.4 Å². The lowest BCUT2D eigenvalue weighted by Crippen LogP contribution is -2.31. The van der Waals surface area contributed by atoms with Gasteiger partial charge in [0, 0.05) is 23.8 Å². The fraction of sp³-hybridized carbons (Fsp3) is 0.182. The molecule has 0 saturated heterocycles. The zero-order valence-corrected chi connectivity index (χ0v) is 17.3. The molecule has 0 saturated carbocycles. The molecule has 1 unspecified atom stereocenters. The van der Waals surface area contributed by atoms with Crippen LogP contribution in [0.1, 0.15) is 29.5 Å². The third-order valence-corrected chi connectivity index (χ3v) is 5.83. The molecule has 3 heterocycles. The molecule has 7 nitrogen and oxygen atoms in total. The highest BCUT2D eigenvalue weighted by Gasteiger charge is 2.36. The van der Waals surface area contributed by atoms with Crippen LogP contribution in [0, 0.1) is 0 Å². The third kappa shape index (κ3) is 3.86. The second-order valence-electron chi connectivity index (χ2n) is 6.78. The van der Waals surface area contributed by atoms with Gasteiger partial charge < -0.3 is 15.0 Å². The van der Waals surface area contributed by atoms with E-state index < -0.39 is 11.9 Å². The van der Waals surface area contributed by atoms with E-state index in [1.165, 1.54) is 18.9 Å². The van der Waals surface area contributed by atoms with E-state index in [0.717, 1.165) is 11.1 Å². The highest BCUT2D eigenvalue weighted by atomic mass is 32.2. The van der Waals surface area contributed by atoms with E-state index in [2.05, 4.69) is 20.3 Å². The number of H-pyrrole nitrogens is 1. The van der Waals surface area contributed by atoms with Crippen molar-refractivity contribution in [3.8, 4) is 0 Å². The number of nitrogens with zero attached hydrogens (tertiary/aromatic N) is 2. The summed E-state index contributed by atoms with van der Waals surface area (Å²) in [6.45, 7) is 1.78. The van der Waals surface area contributed by atoms with E-state index in [-0.39, 0.29) is 5.56 Å². The molecule has 0 aliphatic carbocycles. The largest absolute Gasteiger partial charge is 0.466 e. The first-order valence-electron chi connectivity index (χ1n) is 9.35. The average molecular weight is 420 g/mol. The van der Waals surface area contributed by atoms with Gasteiger partial charge in [0.05, 0.1) is 24.2 Å². The fourth-order valence-electron chi connectivity index (χ4n) is 3.50. The molecular weight excluding hydrogens is 400 g/mol. The van der Waals surface area contributed by atoms with Crippen LogP contribution in [0.15, 0.2) is 76.1 Å². The molecule has 2 N–H and O–H groups in total. The van der Waals surface area contributed by atoms with Gasteiger partial charge in [0.1, 0.15) is 5.82 Å². The lowest BCUT2D eigenvalue weighted by Gasteiger charge is -2.28. The maximum Gasteiger partial charge on any atom is 0.336 e. The van der Waals surface area contributed by atoms with Crippen LogP contribution >= 0.6 is 11.8 Å². The first-order chi connectivity index (χ1) is 14.6. The van der Waals surface area contributed by atoms with Crippen LogP contribution in [0.25, 0.3) is 0 Å². The summed E-state index contributed by atoms with van der Waals surface area (Å²) in [7, 11) is 1.33. The van der Waals surface area contributed by atoms with Crippen LogP contribution in [-0.4, -0.2) is 28.0 Å². The standard InChI is InChI=1S/C22H20N4O3S/c1-13-16(21(28)29-2)17(15-8-10-23-11-9-15)18-19(24-13)25-22(26-20(18)27)30-12-14-6-4-3-5-7-14/h3-11,17H,12H2,1-2H3,(H2,24,25,26,27). The summed E-state index contributed by atoms with van der Waals surface area (Å²) < 4.78 is 4.99. The Morgan fingerprint density at radius 3 is 2.60 bits per heavy atom. The van der Waals surface area contributed by atoms with Crippen molar-refractivity contribution in [3.63, 3.8) is 0 Å². The number of pyridine rings is 1. The normalized spacial score (nSPS) is 15.3. The molecule has 0 bridgehead atoms. The quantitative estimate of drug-likeness (QED) is 0.371. The van der Waals surface area contributed by atoms with Crippen molar-refractivity contribution >= 4 is 23.5 Å². The van der Waals surface area contributed by atoms with Crippen LogP contribution in [0.2, 0.25) is 0 Å². The lowest BCUT2D eigenvalue weighted by atomic mass is 9.83. The summed E-state index contributed by atoms with van der Waals surface area (Å²) in [6, 6.07) is 13.5. The number of carbonyl (C=O) groups excluding carboxylic acids is 1. The number of benzene rings is 1. The van der Waals surface area contributed by atoms with Gasteiger partial charge in [-0.1, -0.05) is 42.1 Å². The molecule has 0 amide bonds. The van der Waals surface area contributed by atoms with Crippen LogP contribution in [-0.2, 0) is 15.3 Å². The Labute approximate surface area is 177 Å². The summed E-state index contributed by atoms with van der Waals surface area (Å²) in [6.07, 6.45) is 3.26. The van der Waals surface area contributed by atoms with Crippen LogP contribution in [0.4, 0.5) is 5.82 Å². The van der Waals surface area contributed by atoms with Gasteiger partial charge in [-0.3, -0.25) is 9.78 Å². The molecule has 30 heavy (non-hydrogen) atoms. The highest BCUT2D eigenvalue weighted by Crippen LogP contribution is 2.39. The van der Waals surface area contributed by atoms with Gasteiger partial charge in [-0.25, -0.2) is 9.78 Å². The minimum atomic E-state index is -0.596. The zero-order valence-electron chi connectivity index (χ0n) is 16.5. The predicted octanol–water partition coefficient (Wildman–Crippen LogP) is 3.46. The second kappa shape index (κ2) is 8.54. The zero-order chi connectivity index (χ0) is 21.1. The van der Waals surface area contributed by atoms with E-state index >= 15 is 0 Å². The maximum absolute atomic E-state index is 13.1. The summed E-state index contributed by atoms with van der Waals surface area (Å²) >= 11 is 1.45. The summed E-state index contributed by atoms with van der Waals surface area (Å²) in [5, 5.41) is 3.63. The van der Waals surface area contributed by atoms with Crippen molar-refractivity contribution in [1.29, 1.82) is 0 Å². The molecule has 2 aromatic heterocycles. The molecule has 8 heteroatoms. The van der Waals surface area contributed by atoms with Crippen LogP contribution in [0.5, 0.6) is 0 Å². The van der Waals surface area contributed by atoms with Crippen molar-refractivity contribution < 1.29 is 9.53 Å². The average Bonchev–Trinajstić information content (AvgIpc) is 2.77. The molecule has 1 aliphatic rings. The van der Waals surface area contributed by atoms with Gasteiger partial charge in [0.15, 0.2) is 5.16 Å². The predicted molar refractivity (Wildman–Crippen MR) is 115 cm³/mol. The Kier molecular flexibility index (Phi) is 5.67. The third-order valence-electron chi connectivity index (χ3n) is 4.88. The van der Waals surface area contributed by atoms with Gasteiger partial charge in [-0.15, -0.1) is 0 Å². The summed E-state index contributed by atoms with van der Waals surface area (Å²) in [4.78, 5) is 37.2. The number of carbonyl (C=O) groups is 1. The molecule has 3 aromatic rings. The van der Waals surface area contributed by atoms with Gasteiger partial charge in [0.2, 0.25) is 0 Å². The number of ether oxygens (including phenoxy) is 1. The molecule has 0 fully saturated rings. The van der Waals surface area contributed by atoms with Gasteiger partial charge >= 0.3 is 5.97 Å². The monoisotopic (exact) mass is 420 g/mol. The topological polar surface area (TPSA) is 97.0 Å². The number of esters is 1. The Morgan fingerprint density at radius 2 is 1.90 bits per heavy atom. The van der Waals surface area contributed by atoms with Crippen LogP contribution in [0.3, 0.4) is 0 Å². The Morgan fingerprint density at radius 1 is 1.17 bits per heavy atom. The van der Waals surface area contributed by atoms with Crippen molar-refractivity contribution in [2.24, 2.45) is 0 Å². The van der Waals surface area contributed by atoms with Gasteiger partial charge in [0.25, 0.3) is 5.56 Å². The number of anilines is 1. The number of thioether (sulfide) groups is 1. The summed E-state index contributed by atoms with van der Waals surface area (Å²) in [5.74, 6) is 0.0373. The molecule has 0 spiro atoms. The fourth-order valence-corrected chi connectivity index (χ4v) is 4.31. The van der Waals surface area contributed by atoms with Crippen LogP contribution < -0.4 is 10.9 Å². The Balaban J connectivity index is 1.76. The van der Waals surface area contributed by atoms with E-state index in [1.807, 2.05) is 30.3 Å². The first kappa shape index (κ1) is 19.9. The van der Waals surface area contributed by atoms with Crippen molar-refractivity contribution in [1.82, 2.24) is 15.0 Å². The Bertz CT molecular complexity index is 1160. The van der Waals surface area contributed by atoms with Gasteiger partial charge in [-0.2, -0.15) is 0 Å². The summed E-state index contributed by atoms with van der Waals surface area (Å²) in [5.41, 5.74) is 2.98. The van der Waals surface area contributed by atoms with Crippen molar-refractivity contribution in [2.45, 2.75) is 23.8 Å². The van der Waals surface area contributed by atoms with E-state index in [0.29, 0.717) is 33.6 Å².